The summed E-state index contributed by atoms with van der Waals surface area (Å²) in [4.78, 5) is 34.7. The molecule has 0 saturated heterocycles. The number of nitro groups is 1. The molecular formula is C18H18N2O7. The first kappa shape index (κ1) is 19.7. The van der Waals surface area contributed by atoms with Gasteiger partial charge in [-0.2, -0.15) is 0 Å². The van der Waals surface area contributed by atoms with Gasteiger partial charge < -0.3 is 19.5 Å². The summed E-state index contributed by atoms with van der Waals surface area (Å²) in [7, 11) is 2.87. The number of hydrogen-bond acceptors (Lipinski definition) is 7. The first-order valence-corrected chi connectivity index (χ1v) is 7.84. The summed E-state index contributed by atoms with van der Waals surface area (Å²) >= 11 is 0. The largest absolute Gasteiger partial charge is 0.497 e. The van der Waals surface area contributed by atoms with Gasteiger partial charge in [0.2, 0.25) is 0 Å². The molecule has 1 atom stereocenters. The zero-order valence-corrected chi connectivity index (χ0v) is 14.9. The van der Waals surface area contributed by atoms with Crippen LogP contribution < -0.4 is 14.8 Å². The molecule has 142 valence electrons. The van der Waals surface area contributed by atoms with Crippen molar-refractivity contribution >= 4 is 23.3 Å². The van der Waals surface area contributed by atoms with Gasteiger partial charge in [-0.05, 0) is 37.3 Å². The van der Waals surface area contributed by atoms with Crippen molar-refractivity contribution in [2.24, 2.45) is 0 Å². The number of nitrogens with zero attached hydrogens (tertiary/aromatic N) is 1. The second kappa shape index (κ2) is 8.65. The second-order valence-electron chi connectivity index (χ2n) is 5.41. The van der Waals surface area contributed by atoms with Crippen LogP contribution in [0.1, 0.15) is 17.3 Å². The van der Waals surface area contributed by atoms with E-state index in [0.29, 0.717) is 5.75 Å². The molecule has 0 aliphatic carbocycles. The highest BCUT2D eigenvalue weighted by Gasteiger charge is 2.21. The maximum absolute atomic E-state index is 12.3. The van der Waals surface area contributed by atoms with Crippen LogP contribution in [0.5, 0.6) is 11.5 Å². The van der Waals surface area contributed by atoms with Crippen LogP contribution in [0, 0.1) is 10.1 Å². The molecule has 9 heteroatoms. The predicted octanol–water partition coefficient (Wildman–Crippen LogP) is 2.80. The fraction of sp³-hybridized carbons (Fsp3) is 0.222. The molecule has 0 unspecified atom stereocenters. The van der Waals surface area contributed by atoms with Crippen molar-refractivity contribution in [3.63, 3.8) is 0 Å². The average Bonchev–Trinajstić information content (AvgIpc) is 2.67. The third-order valence-electron chi connectivity index (χ3n) is 3.63. The minimum atomic E-state index is -1.14. The van der Waals surface area contributed by atoms with Crippen molar-refractivity contribution in [2.75, 3.05) is 19.5 Å². The third kappa shape index (κ3) is 4.94. The van der Waals surface area contributed by atoms with Gasteiger partial charge in [-0.3, -0.25) is 14.9 Å². The number of carbonyl (C=O) groups excluding carboxylic acids is 2. The van der Waals surface area contributed by atoms with Crippen LogP contribution in [0.2, 0.25) is 0 Å². The topological polar surface area (TPSA) is 117 Å². The fourth-order valence-electron chi connectivity index (χ4n) is 2.15. The molecule has 0 radical (unpaired) electrons. The van der Waals surface area contributed by atoms with Gasteiger partial charge in [0.25, 0.3) is 11.6 Å². The Kier molecular flexibility index (Phi) is 6.32. The Morgan fingerprint density at radius 2 is 1.74 bits per heavy atom. The lowest BCUT2D eigenvalue weighted by molar-refractivity contribution is -0.384. The van der Waals surface area contributed by atoms with E-state index in [9.17, 15) is 19.7 Å². The van der Waals surface area contributed by atoms with Crippen molar-refractivity contribution in [1.82, 2.24) is 0 Å². The van der Waals surface area contributed by atoms with Gasteiger partial charge in [-0.1, -0.05) is 0 Å². The molecule has 27 heavy (non-hydrogen) atoms. The van der Waals surface area contributed by atoms with Crippen molar-refractivity contribution in [1.29, 1.82) is 0 Å². The minimum Gasteiger partial charge on any atom is -0.497 e. The quantitative estimate of drug-likeness (QED) is 0.450. The Hall–Kier alpha value is -3.62. The standard InChI is InChI=1S/C18H18N2O7/c1-11(27-18(22)12-4-7-14(25-2)8-5-12)17(21)19-15-10-13(20(23)24)6-9-16(15)26-3/h4-11H,1-3H3,(H,19,21)/t11-/m1/s1. The van der Waals surface area contributed by atoms with E-state index in [4.69, 9.17) is 14.2 Å². The van der Waals surface area contributed by atoms with E-state index < -0.39 is 22.9 Å². The predicted molar refractivity (Wildman–Crippen MR) is 96.1 cm³/mol. The number of nitro benzene ring substituents is 1. The summed E-state index contributed by atoms with van der Waals surface area (Å²) in [5.41, 5.74) is 0.140. The van der Waals surface area contributed by atoms with Crippen LogP contribution in [0.15, 0.2) is 42.5 Å². The number of esters is 1. The number of hydrogen-bond donors (Lipinski definition) is 1. The monoisotopic (exact) mass is 374 g/mol. The molecule has 1 amide bonds. The molecular weight excluding hydrogens is 356 g/mol. The van der Waals surface area contributed by atoms with E-state index >= 15 is 0 Å². The molecule has 0 aliphatic rings. The fourth-order valence-corrected chi connectivity index (χ4v) is 2.15. The van der Waals surface area contributed by atoms with Crippen LogP contribution in [0.4, 0.5) is 11.4 Å². The lowest BCUT2D eigenvalue weighted by Gasteiger charge is -2.15. The number of nitrogens with one attached hydrogen (secondary N) is 1. The lowest BCUT2D eigenvalue weighted by Crippen LogP contribution is -2.30. The number of methoxy groups -OCH3 is 2. The smallest absolute Gasteiger partial charge is 0.338 e. The highest BCUT2D eigenvalue weighted by molar-refractivity contribution is 5.98. The third-order valence-corrected chi connectivity index (χ3v) is 3.63. The maximum Gasteiger partial charge on any atom is 0.338 e. The molecule has 2 rings (SSSR count). The molecule has 0 saturated carbocycles. The van der Waals surface area contributed by atoms with Crippen LogP contribution in [-0.2, 0) is 9.53 Å². The minimum absolute atomic E-state index is 0.101. The molecule has 0 bridgehead atoms. The highest BCUT2D eigenvalue weighted by atomic mass is 16.6. The number of anilines is 1. The molecule has 0 fully saturated rings. The first-order chi connectivity index (χ1) is 12.8. The molecule has 9 nitrogen and oxygen atoms in total. The van der Waals surface area contributed by atoms with Crippen LogP contribution in [0.25, 0.3) is 0 Å². The van der Waals surface area contributed by atoms with Crippen LogP contribution in [-0.4, -0.2) is 37.1 Å². The van der Waals surface area contributed by atoms with Gasteiger partial charge in [-0.25, -0.2) is 4.79 Å². The summed E-state index contributed by atoms with van der Waals surface area (Å²) < 4.78 is 15.2. The van der Waals surface area contributed by atoms with E-state index in [-0.39, 0.29) is 22.7 Å². The Morgan fingerprint density at radius 3 is 2.30 bits per heavy atom. The molecule has 0 aromatic heterocycles. The number of carbonyl (C=O) groups is 2. The van der Waals surface area contributed by atoms with Crippen LogP contribution in [0.3, 0.4) is 0 Å². The van der Waals surface area contributed by atoms with Gasteiger partial charge >= 0.3 is 5.97 Å². The number of rotatable bonds is 7. The Bertz CT molecular complexity index is 849. The molecule has 2 aromatic rings. The SMILES string of the molecule is COc1ccc(C(=O)O[C@H](C)C(=O)Nc2cc([N+](=O)[O-])ccc2OC)cc1. The summed E-state index contributed by atoms with van der Waals surface area (Å²) in [5, 5.41) is 13.4. The van der Waals surface area contributed by atoms with E-state index in [1.165, 1.54) is 45.4 Å². The summed E-state index contributed by atoms with van der Waals surface area (Å²) in [6.07, 6.45) is -1.14. The Labute approximate surface area is 155 Å². The molecule has 0 aliphatic heterocycles. The van der Waals surface area contributed by atoms with Gasteiger partial charge in [0.1, 0.15) is 11.5 Å². The molecule has 1 N–H and O–H groups in total. The second-order valence-corrected chi connectivity index (χ2v) is 5.41. The van der Waals surface area contributed by atoms with Gasteiger partial charge in [0, 0.05) is 12.1 Å². The zero-order chi connectivity index (χ0) is 20.0. The Balaban J connectivity index is 2.07. The Morgan fingerprint density at radius 1 is 1.07 bits per heavy atom. The first-order valence-electron chi connectivity index (χ1n) is 7.84. The van der Waals surface area contributed by atoms with E-state index in [1.807, 2.05) is 0 Å². The maximum atomic E-state index is 12.3. The number of amides is 1. The van der Waals surface area contributed by atoms with Gasteiger partial charge in [0.05, 0.1) is 30.4 Å². The van der Waals surface area contributed by atoms with Crippen molar-refractivity contribution in [2.45, 2.75) is 13.0 Å². The summed E-state index contributed by atoms with van der Waals surface area (Å²) in [6.45, 7) is 1.39. The van der Waals surface area contributed by atoms with Gasteiger partial charge in [-0.15, -0.1) is 0 Å². The van der Waals surface area contributed by atoms with E-state index in [0.717, 1.165) is 6.07 Å². The summed E-state index contributed by atoms with van der Waals surface area (Å²) in [6, 6.07) is 9.98. The van der Waals surface area contributed by atoms with Crippen LogP contribution >= 0.6 is 0 Å². The average molecular weight is 374 g/mol. The molecule has 2 aromatic carbocycles. The van der Waals surface area contributed by atoms with E-state index in [2.05, 4.69) is 5.32 Å². The molecule has 0 heterocycles. The number of ether oxygens (including phenoxy) is 3. The van der Waals surface area contributed by atoms with Crippen molar-refractivity contribution in [3.05, 3.63) is 58.1 Å². The van der Waals surface area contributed by atoms with Crippen molar-refractivity contribution in [3.8, 4) is 11.5 Å². The zero-order valence-electron chi connectivity index (χ0n) is 14.9. The van der Waals surface area contributed by atoms with E-state index in [1.54, 1.807) is 12.1 Å². The number of benzene rings is 2. The highest BCUT2D eigenvalue weighted by Crippen LogP contribution is 2.29. The molecule has 0 spiro atoms. The van der Waals surface area contributed by atoms with Gasteiger partial charge in [0.15, 0.2) is 6.10 Å². The summed E-state index contributed by atoms with van der Waals surface area (Å²) in [5.74, 6) is -0.528. The number of non-ortho nitro benzene ring substituents is 1. The lowest BCUT2D eigenvalue weighted by atomic mass is 10.2. The van der Waals surface area contributed by atoms with Crippen molar-refractivity contribution < 1.29 is 28.7 Å². The normalized spacial score (nSPS) is 11.2.